The van der Waals surface area contributed by atoms with E-state index in [1.807, 2.05) is 30.3 Å². The first-order valence-corrected chi connectivity index (χ1v) is 9.18. The predicted molar refractivity (Wildman–Crippen MR) is 107 cm³/mol. The van der Waals surface area contributed by atoms with Gasteiger partial charge in [-0.15, -0.1) is 0 Å². The molecule has 3 rings (SSSR count). The van der Waals surface area contributed by atoms with Crippen LogP contribution in [0, 0.1) is 0 Å². The highest BCUT2D eigenvalue weighted by atomic mass is 16.1. The van der Waals surface area contributed by atoms with Crippen molar-refractivity contribution in [2.24, 2.45) is 0 Å². The molecule has 0 radical (unpaired) electrons. The molecule has 0 saturated carbocycles. The van der Waals surface area contributed by atoms with E-state index in [-0.39, 0.29) is 11.3 Å². The average molecular weight is 366 g/mol. The zero-order valence-corrected chi connectivity index (χ0v) is 16.1. The lowest BCUT2D eigenvalue weighted by atomic mass is 9.86. The molecule has 0 aliphatic carbocycles. The van der Waals surface area contributed by atoms with Gasteiger partial charge in [-0.1, -0.05) is 39.0 Å². The number of amides is 2. The van der Waals surface area contributed by atoms with Gasteiger partial charge in [0.2, 0.25) is 6.41 Å². The van der Waals surface area contributed by atoms with Crippen LogP contribution in [0.2, 0.25) is 0 Å². The number of hydrogen-bond donors (Lipinski definition) is 1. The third-order valence-corrected chi connectivity index (χ3v) is 4.80. The molecular weight excluding hydrogens is 340 g/mol. The summed E-state index contributed by atoms with van der Waals surface area (Å²) in [6, 6.07) is 9.73. The second kappa shape index (κ2) is 7.78. The maximum atomic E-state index is 12.8. The van der Waals surface area contributed by atoms with Crippen molar-refractivity contribution in [2.45, 2.75) is 26.2 Å². The van der Waals surface area contributed by atoms with Crippen LogP contribution in [0.5, 0.6) is 0 Å². The molecule has 1 saturated heterocycles. The average Bonchev–Trinajstić information content (AvgIpc) is 2.68. The third-order valence-electron chi connectivity index (χ3n) is 4.80. The van der Waals surface area contributed by atoms with E-state index in [9.17, 15) is 9.59 Å². The Morgan fingerprint density at radius 3 is 2.48 bits per heavy atom. The number of anilines is 2. The molecule has 1 aromatic heterocycles. The van der Waals surface area contributed by atoms with Crippen molar-refractivity contribution in [3.8, 4) is 0 Å². The topological polar surface area (TPSA) is 65.5 Å². The van der Waals surface area contributed by atoms with Crippen molar-refractivity contribution in [3.05, 3.63) is 53.9 Å². The highest BCUT2D eigenvalue weighted by molar-refractivity contribution is 6.05. The summed E-state index contributed by atoms with van der Waals surface area (Å²) in [6.07, 6.45) is 4.22. The molecule has 2 heterocycles. The van der Waals surface area contributed by atoms with Gasteiger partial charge in [0.15, 0.2) is 0 Å². The predicted octanol–water partition coefficient (Wildman–Crippen LogP) is 2.91. The molecule has 1 N–H and O–H groups in total. The number of nitrogens with one attached hydrogen (secondary N) is 1. The summed E-state index contributed by atoms with van der Waals surface area (Å²) in [5.41, 5.74) is 3.26. The van der Waals surface area contributed by atoms with Crippen molar-refractivity contribution >= 4 is 23.7 Å². The van der Waals surface area contributed by atoms with Gasteiger partial charge in [0.25, 0.3) is 5.91 Å². The molecular formula is C21H26N4O2. The quantitative estimate of drug-likeness (QED) is 0.845. The van der Waals surface area contributed by atoms with E-state index in [1.165, 1.54) is 0 Å². The molecule has 2 aromatic rings. The number of pyridine rings is 1. The van der Waals surface area contributed by atoms with E-state index in [4.69, 9.17) is 0 Å². The second-order valence-corrected chi connectivity index (χ2v) is 7.81. The van der Waals surface area contributed by atoms with Crippen molar-refractivity contribution in [3.63, 3.8) is 0 Å². The lowest BCUT2D eigenvalue weighted by molar-refractivity contribution is -0.118. The smallest absolute Gasteiger partial charge is 0.257 e. The standard InChI is InChI=1S/C21H26N4O2/c1-21(2,3)18-6-4-5-7-19(18)23-20(27)16-12-17(14-22-13-16)25-10-8-24(15-26)9-11-25/h4-7,12-15H,8-11H2,1-3H3,(H,23,27). The lowest BCUT2D eigenvalue weighted by Crippen LogP contribution is -2.45. The Balaban J connectivity index is 1.76. The van der Waals surface area contributed by atoms with Gasteiger partial charge >= 0.3 is 0 Å². The molecule has 6 nitrogen and oxygen atoms in total. The summed E-state index contributed by atoms with van der Waals surface area (Å²) in [5.74, 6) is -0.174. The zero-order valence-electron chi connectivity index (χ0n) is 16.1. The van der Waals surface area contributed by atoms with Crippen molar-refractivity contribution in [1.29, 1.82) is 0 Å². The Morgan fingerprint density at radius 1 is 1.11 bits per heavy atom. The maximum Gasteiger partial charge on any atom is 0.257 e. The van der Waals surface area contributed by atoms with Gasteiger partial charge < -0.3 is 15.1 Å². The minimum absolute atomic E-state index is 0.0672. The van der Waals surface area contributed by atoms with Crippen LogP contribution in [0.4, 0.5) is 11.4 Å². The van der Waals surface area contributed by atoms with Crippen LogP contribution in [-0.4, -0.2) is 48.4 Å². The summed E-state index contributed by atoms with van der Waals surface area (Å²) in [4.78, 5) is 31.8. The Kier molecular flexibility index (Phi) is 5.44. The fourth-order valence-electron chi connectivity index (χ4n) is 3.25. The van der Waals surface area contributed by atoms with Gasteiger partial charge in [-0.05, 0) is 23.1 Å². The summed E-state index contributed by atoms with van der Waals surface area (Å²) in [5, 5.41) is 3.03. The molecule has 27 heavy (non-hydrogen) atoms. The molecule has 1 aliphatic rings. The van der Waals surface area contributed by atoms with E-state index >= 15 is 0 Å². The first-order valence-electron chi connectivity index (χ1n) is 9.18. The van der Waals surface area contributed by atoms with E-state index in [1.54, 1.807) is 17.3 Å². The first-order chi connectivity index (χ1) is 12.9. The molecule has 0 unspecified atom stereocenters. The molecule has 1 aliphatic heterocycles. The maximum absolute atomic E-state index is 12.8. The fourth-order valence-corrected chi connectivity index (χ4v) is 3.25. The van der Waals surface area contributed by atoms with Crippen molar-refractivity contribution in [1.82, 2.24) is 9.88 Å². The monoisotopic (exact) mass is 366 g/mol. The Morgan fingerprint density at radius 2 is 1.81 bits per heavy atom. The molecule has 1 fully saturated rings. The highest BCUT2D eigenvalue weighted by Gasteiger charge is 2.20. The van der Waals surface area contributed by atoms with Crippen LogP contribution < -0.4 is 10.2 Å². The molecule has 142 valence electrons. The first kappa shape index (κ1) is 18.9. The van der Waals surface area contributed by atoms with Gasteiger partial charge in [-0.25, -0.2) is 0 Å². The highest BCUT2D eigenvalue weighted by Crippen LogP contribution is 2.29. The number of rotatable bonds is 4. The van der Waals surface area contributed by atoms with Crippen LogP contribution in [0.25, 0.3) is 0 Å². The number of para-hydroxylation sites is 1. The number of carbonyl (C=O) groups is 2. The van der Waals surface area contributed by atoms with E-state index in [2.05, 4.69) is 36.0 Å². The summed E-state index contributed by atoms with van der Waals surface area (Å²) >= 11 is 0. The molecule has 0 atom stereocenters. The Bertz CT molecular complexity index is 821. The zero-order chi connectivity index (χ0) is 19.4. The molecule has 0 bridgehead atoms. The number of carbonyl (C=O) groups excluding carboxylic acids is 2. The molecule has 0 spiro atoms. The third kappa shape index (κ3) is 4.45. The minimum atomic E-state index is -0.174. The number of nitrogens with zero attached hydrogens (tertiary/aromatic N) is 3. The summed E-state index contributed by atoms with van der Waals surface area (Å²) < 4.78 is 0. The van der Waals surface area contributed by atoms with Gasteiger partial charge in [0.1, 0.15) is 0 Å². The normalized spacial score (nSPS) is 14.8. The molecule has 1 aromatic carbocycles. The van der Waals surface area contributed by atoms with Crippen molar-refractivity contribution < 1.29 is 9.59 Å². The molecule has 2 amide bonds. The van der Waals surface area contributed by atoms with Crippen LogP contribution in [-0.2, 0) is 10.2 Å². The number of aromatic nitrogens is 1. The summed E-state index contributed by atoms with van der Waals surface area (Å²) in [6.45, 7) is 9.20. The summed E-state index contributed by atoms with van der Waals surface area (Å²) in [7, 11) is 0. The number of benzene rings is 1. The minimum Gasteiger partial charge on any atom is -0.367 e. The van der Waals surface area contributed by atoms with E-state index in [0.717, 1.165) is 36.4 Å². The SMILES string of the molecule is CC(C)(C)c1ccccc1NC(=O)c1cncc(N2CCN(C=O)CC2)c1. The Labute approximate surface area is 160 Å². The van der Waals surface area contributed by atoms with Gasteiger partial charge in [-0.2, -0.15) is 0 Å². The van der Waals surface area contributed by atoms with Gasteiger partial charge in [-0.3, -0.25) is 14.6 Å². The Hall–Kier alpha value is -2.89. The van der Waals surface area contributed by atoms with E-state index < -0.39 is 0 Å². The van der Waals surface area contributed by atoms with Crippen LogP contribution in [0.1, 0.15) is 36.7 Å². The van der Waals surface area contributed by atoms with Crippen LogP contribution in [0.3, 0.4) is 0 Å². The van der Waals surface area contributed by atoms with Gasteiger partial charge in [0.05, 0.1) is 17.4 Å². The number of hydrogen-bond acceptors (Lipinski definition) is 4. The van der Waals surface area contributed by atoms with Crippen molar-refractivity contribution in [2.75, 3.05) is 36.4 Å². The number of piperazine rings is 1. The van der Waals surface area contributed by atoms with Crippen LogP contribution in [0.15, 0.2) is 42.7 Å². The second-order valence-electron chi connectivity index (χ2n) is 7.81. The van der Waals surface area contributed by atoms with Gasteiger partial charge in [0, 0.05) is 38.1 Å². The fraction of sp³-hybridized carbons (Fsp3) is 0.381. The molecule has 6 heteroatoms. The lowest BCUT2D eigenvalue weighted by Gasteiger charge is -2.34. The largest absolute Gasteiger partial charge is 0.367 e. The van der Waals surface area contributed by atoms with E-state index in [0.29, 0.717) is 18.7 Å². The van der Waals surface area contributed by atoms with Crippen LogP contribution >= 0.6 is 0 Å².